The Morgan fingerprint density at radius 2 is 2.04 bits per heavy atom. The molecular formula is C18H17FN2O2S. The van der Waals surface area contributed by atoms with Crippen LogP contribution in [0, 0.1) is 5.82 Å². The van der Waals surface area contributed by atoms with Crippen LogP contribution in [0.25, 0.3) is 0 Å². The number of primary amides is 1. The van der Waals surface area contributed by atoms with Gasteiger partial charge >= 0.3 is 0 Å². The van der Waals surface area contributed by atoms with Gasteiger partial charge in [-0.1, -0.05) is 24.3 Å². The molecule has 3 rings (SSSR count). The van der Waals surface area contributed by atoms with Crippen molar-refractivity contribution in [3.8, 4) is 0 Å². The third-order valence-electron chi connectivity index (χ3n) is 3.96. The number of carbonyl (C=O) groups excluding carboxylic acids is 2. The molecule has 2 N–H and O–H groups in total. The van der Waals surface area contributed by atoms with E-state index >= 15 is 0 Å². The van der Waals surface area contributed by atoms with Gasteiger partial charge < -0.3 is 10.6 Å². The summed E-state index contributed by atoms with van der Waals surface area (Å²) < 4.78 is 13.9. The van der Waals surface area contributed by atoms with Crippen molar-refractivity contribution in [2.24, 2.45) is 5.73 Å². The lowest BCUT2D eigenvalue weighted by molar-refractivity contribution is -0.116. The minimum atomic E-state index is -0.468. The second-order valence-corrected chi connectivity index (χ2v) is 6.79. The third-order valence-corrected chi connectivity index (χ3v) is 5.30. The number of benzene rings is 2. The van der Waals surface area contributed by atoms with Gasteiger partial charge in [0.1, 0.15) is 5.82 Å². The lowest BCUT2D eigenvalue weighted by Crippen LogP contribution is -2.28. The molecule has 24 heavy (non-hydrogen) atoms. The Balaban J connectivity index is 1.65. The average molecular weight is 344 g/mol. The summed E-state index contributed by atoms with van der Waals surface area (Å²) in [4.78, 5) is 25.2. The first-order chi connectivity index (χ1) is 11.6. The molecular weight excluding hydrogens is 327 g/mol. The lowest BCUT2D eigenvalue weighted by atomic mass is 10.1. The lowest BCUT2D eigenvalue weighted by Gasteiger charge is -2.17. The van der Waals surface area contributed by atoms with Crippen LogP contribution in [0.5, 0.6) is 0 Å². The van der Waals surface area contributed by atoms with Gasteiger partial charge in [-0.15, -0.1) is 11.8 Å². The van der Waals surface area contributed by atoms with Crippen molar-refractivity contribution in [2.75, 3.05) is 11.4 Å². The van der Waals surface area contributed by atoms with Crippen molar-refractivity contribution in [2.45, 2.75) is 17.4 Å². The number of hydrogen-bond acceptors (Lipinski definition) is 3. The number of thioether (sulfide) groups is 1. The first-order valence-corrected chi connectivity index (χ1v) is 8.67. The topological polar surface area (TPSA) is 63.4 Å². The normalized spacial score (nSPS) is 17.3. The van der Waals surface area contributed by atoms with Crippen LogP contribution in [-0.2, 0) is 10.5 Å². The Hall–Kier alpha value is -2.34. The van der Waals surface area contributed by atoms with E-state index in [0.29, 0.717) is 30.0 Å². The number of carbonyl (C=O) groups is 2. The summed E-state index contributed by atoms with van der Waals surface area (Å²) in [5.41, 5.74) is 7.01. The second-order valence-electron chi connectivity index (χ2n) is 5.59. The Labute approximate surface area is 143 Å². The molecule has 1 saturated heterocycles. The smallest absolute Gasteiger partial charge is 0.248 e. The molecule has 2 aromatic carbocycles. The molecule has 2 aromatic rings. The van der Waals surface area contributed by atoms with Crippen LogP contribution in [0.15, 0.2) is 48.5 Å². The predicted octanol–water partition coefficient (Wildman–Crippen LogP) is 2.96. The van der Waals surface area contributed by atoms with Gasteiger partial charge in [0.2, 0.25) is 11.8 Å². The number of hydrogen-bond donors (Lipinski definition) is 1. The molecule has 0 radical (unpaired) electrons. The Morgan fingerprint density at radius 3 is 2.79 bits per heavy atom. The van der Waals surface area contributed by atoms with Crippen LogP contribution in [0.2, 0.25) is 0 Å². The van der Waals surface area contributed by atoms with E-state index in [2.05, 4.69) is 0 Å². The van der Waals surface area contributed by atoms with E-state index in [4.69, 9.17) is 5.73 Å². The van der Waals surface area contributed by atoms with Crippen LogP contribution in [0.4, 0.5) is 10.1 Å². The number of nitrogens with zero attached hydrogens (tertiary/aromatic N) is 1. The van der Waals surface area contributed by atoms with Crippen LogP contribution in [0.1, 0.15) is 22.3 Å². The molecule has 0 bridgehead atoms. The summed E-state index contributed by atoms with van der Waals surface area (Å²) in [6.45, 7) is 0.513. The molecule has 0 spiro atoms. The molecule has 6 heteroatoms. The van der Waals surface area contributed by atoms with Gasteiger partial charge in [-0.05, 0) is 36.2 Å². The van der Waals surface area contributed by atoms with E-state index in [-0.39, 0.29) is 17.0 Å². The number of para-hydroxylation sites is 1. The first kappa shape index (κ1) is 16.5. The zero-order valence-corrected chi connectivity index (χ0v) is 13.8. The maximum absolute atomic E-state index is 13.9. The molecule has 1 aliphatic rings. The zero-order valence-electron chi connectivity index (χ0n) is 12.9. The Bertz CT molecular complexity index is 781. The number of rotatable bonds is 5. The largest absolute Gasteiger partial charge is 0.366 e. The summed E-state index contributed by atoms with van der Waals surface area (Å²) >= 11 is 1.50. The molecule has 0 aromatic heterocycles. The average Bonchev–Trinajstić information content (AvgIpc) is 2.94. The highest BCUT2D eigenvalue weighted by atomic mass is 32.2. The van der Waals surface area contributed by atoms with Crippen molar-refractivity contribution in [3.05, 3.63) is 65.5 Å². The van der Waals surface area contributed by atoms with Gasteiger partial charge in [0.25, 0.3) is 0 Å². The van der Waals surface area contributed by atoms with Crippen LogP contribution >= 0.6 is 11.8 Å². The van der Waals surface area contributed by atoms with Crippen molar-refractivity contribution < 1.29 is 14.0 Å². The van der Waals surface area contributed by atoms with E-state index in [9.17, 15) is 14.0 Å². The molecule has 0 saturated carbocycles. The monoisotopic (exact) mass is 344 g/mol. The molecule has 1 atom stereocenters. The van der Waals surface area contributed by atoms with Crippen molar-refractivity contribution in [1.82, 2.24) is 0 Å². The second kappa shape index (κ2) is 7.05. The molecule has 1 unspecified atom stereocenters. The SMILES string of the molecule is NC(=O)c1cccc(CSC2CCN(c3ccccc3F)C2=O)c1. The predicted molar refractivity (Wildman–Crippen MR) is 93.4 cm³/mol. The minimum Gasteiger partial charge on any atom is -0.366 e. The van der Waals surface area contributed by atoms with Crippen LogP contribution < -0.4 is 10.6 Å². The van der Waals surface area contributed by atoms with E-state index in [1.807, 2.05) is 6.07 Å². The minimum absolute atomic E-state index is 0.0730. The molecule has 4 nitrogen and oxygen atoms in total. The van der Waals surface area contributed by atoms with Gasteiger partial charge in [-0.25, -0.2) is 4.39 Å². The molecule has 2 amide bonds. The van der Waals surface area contributed by atoms with Crippen molar-refractivity contribution in [1.29, 1.82) is 0 Å². The summed E-state index contributed by atoms with van der Waals surface area (Å²) in [6.07, 6.45) is 0.674. The maximum atomic E-state index is 13.9. The van der Waals surface area contributed by atoms with E-state index in [1.54, 1.807) is 36.4 Å². The van der Waals surface area contributed by atoms with E-state index < -0.39 is 5.91 Å². The molecule has 0 aliphatic carbocycles. The van der Waals surface area contributed by atoms with Gasteiger partial charge in [-0.3, -0.25) is 9.59 Å². The van der Waals surface area contributed by atoms with Gasteiger partial charge in [0.15, 0.2) is 0 Å². The fourth-order valence-electron chi connectivity index (χ4n) is 2.73. The highest BCUT2D eigenvalue weighted by molar-refractivity contribution is 7.99. The van der Waals surface area contributed by atoms with Gasteiger partial charge in [0, 0.05) is 17.9 Å². The Morgan fingerprint density at radius 1 is 1.25 bits per heavy atom. The zero-order chi connectivity index (χ0) is 17.1. The molecule has 124 valence electrons. The van der Waals surface area contributed by atoms with Gasteiger partial charge in [-0.2, -0.15) is 0 Å². The number of amides is 2. The molecule has 1 heterocycles. The van der Waals surface area contributed by atoms with E-state index in [0.717, 1.165) is 5.56 Å². The summed E-state index contributed by atoms with van der Waals surface area (Å²) in [7, 11) is 0. The highest BCUT2D eigenvalue weighted by Crippen LogP contribution is 2.31. The number of nitrogens with two attached hydrogens (primary N) is 1. The molecule has 1 fully saturated rings. The third kappa shape index (κ3) is 3.43. The quantitative estimate of drug-likeness (QED) is 0.907. The highest BCUT2D eigenvalue weighted by Gasteiger charge is 2.33. The first-order valence-electron chi connectivity index (χ1n) is 7.62. The summed E-state index contributed by atoms with van der Waals surface area (Å²) in [6, 6.07) is 13.4. The summed E-state index contributed by atoms with van der Waals surface area (Å²) in [5.74, 6) is -0.325. The van der Waals surface area contributed by atoms with Crippen LogP contribution in [0.3, 0.4) is 0 Å². The summed E-state index contributed by atoms with van der Waals surface area (Å²) in [5, 5.41) is -0.207. The standard InChI is InChI=1S/C18H17FN2O2S/c19-14-6-1-2-7-15(14)21-9-8-16(18(21)23)24-11-12-4-3-5-13(10-12)17(20)22/h1-7,10,16H,8-9,11H2,(H2,20,22). The van der Waals surface area contributed by atoms with Crippen LogP contribution in [-0.4, -0.2) is 23.6 Å². The van der Waals surface area contributed by atoms with Crippen molar-refractivity contribution in [3.63, 3.8) is 0 Å². The Kier molecular flexibility index (Phi) is 4.85. The maximum Gasteiger partial charge on any atom is 0.248 e. The van der Waals surface area contributed by atoms with Crippen molar-refractivity contribution >= 4 is 29.3 Å². The number of halogens is 1. The molecule has 1 aliphatic heterocycles. The van der Waals surface area contributed by atoms with Gasteiger partial charge in [0.05, 0.1) is 10.9 Å². The number of anilines is 1. The van der Waals surface area contributed by atoms with E-state index in [1.165, 1.54) is 22.7 Å². The fourth-order valence-corrected chi connectivity index (χ4v) is 3.84. The fraction of sp³-hybridized carbons (Fsp3) is 0.222.